The Labute approximate surface area is 220 Å². The molecule has 1 saturated carbocycles. The SMILES string of the molecule is Cc1cc(OC(=O)NC2CCC(CN3CCCCC3)CC2)nn1Cc1cc(Cl)ccc1OCC(C)C. The van der Waals surface area contributed by atoms with E-state index in [1.807, 2.05) is 29.8 Å². The Morgan fingerprint density at radius 2 is 1.89 bits per heavy atom. The van der Waals surface area contributed by atoms with Gasteiger partial charge in [-0.3, -0.25) is 4.68 Å². The van der Waals surface area contributed by atoms with Crippen LogP contribution in [0.15, 0.2) is 24.3 Å². The van der Waals surface area contributed by atoms with Crippen molar-refractivity contribution in [3.05, 3.63) is 40.5 Å². The summed E-state index contributed by atoms with van der Waals surface area (Å²) in [5.41, 5.74) is 1.83. The summed E-state index contributed by atoms with van der Waals surface area (Å²) in [5, 5.41) is 8.21. The van der Waals surface area contributed by atoms with E-state index in [0.29, 0.717) is 30.0 Å². The molecule has 36 heavy (non-hydrogen) atoms. The van der Waals surface area contributed by atoms with Crippen molar-refractivity contribution in [2.75, 3.05) is 26.2 Å². The number of rotatable bonds is 9. The number of aromatic nitrogens is 2. The number of nitrogens with one attached hydrogen (secondary N) is 1. The van der Waals surface area contributed by atoms with E-state index in [0.717, 1.165) is 48.6 Å². The highest BCUT2D eigenvalue weighted by Crippen LogP contribution is 2.27. The fraction of sp³-hybridized carbons (Fsp3) is 0.643. The number of benzene rings is 1. The van der Waals surface area contributed by atoms with Crippen molar-refractivity contribution in [1.29, 1.82) is 0 Å². The molecule has 2 heterocycles. The minimum Gasteiger partial charge on any atom is -0.493 e. The second kappa shape index (κ2) is 12.8. The van der Waals surface area contributed by atoms with E-state index in [1.54, 1.807) is 6.07 Å². The molecule has 198 valence electrons. The first-order valence-electron chi connectivity index (χ1n) is 13.5. The van der Waals surface area contributed by atoms with E-state index in [2.05, 4.69) is 29.2 Å². The summed E-state index contributed by atoms with van der Waals surface area (Å²) in [4.78, 5) is 15.2. The number of hydrogen-bond acceptors (Lipinski definition) is 5. The van der Waals surface area contributed by atoms with Crippen molar-refractivity contribution in [3.8, 4) is 11.6 Å². The van der Waals surface area contributed by atoms with Crippen LogP contribution in [0.1, 0.15) is 70.1 Å². The van der Waals surface area contributed by atoms with E-state index in [-0.39, 0.29) is 6.04 Å². The average Bonchev–Trinajstić information content (AvgIpc) is 3.18. The zero-order valence-corrected chi connectivity index (χ0v) is 22.7. The number of piperidine rings is 1. The van der Waals surface area contributed by atoms with Gasteiger partial charge in [-0.15, -0.1) is 5.10 Å². The van der Waals surface area contributed by atoms with Gasteiger partial charge in [0.25, 0.3) is 0 Å². The Bertz CT molecular complexity index is 995. The molecule has 0 bridgehead atoms. The number of likely N-dealkylation sites (tertiary alicyclic amines) is 1. The Balaban J connectivity index is 1.27. The molecule has 0 atom stereocenters. The van der Waals surface area contributed by atoms with E-state index in [1.165, 1.54) is 38.9 Å². The van der Waals surface area contributed by atoms with Crippen molar-refractivity contribution < 1.29 is 14.3 Å². The minimum absolute atomic E-state index is 0.172. The van der Waals surface area contributed by atoms with Crippen molar-refractivity contribution in [3.63, 3.8) is 0 Å². The van der Waals surface area contributed by atoms with Crippen molar-refractivity contribution in [2.24, 2.45) is 11.8 Å². The van der Waals surface area contributed by atoms with Crippen LogP contribution in [0.3, 0.4) is 0 Å². The molecule has 4 rings (SSSR count). The van der Waals surface area contributed by atoms with Gasteiger partial charge < -0.3 is 19.7 Å². The van der Waals surface area contributed by atoms with Gasteiger partial charge in [-0.2, -0.15) is 0 Å². The van der Waals surface area contributed by atoms with Gasteiger partial charge in [0, 0.05) is 34.9 Å². The number of aryl methyl sites for hydroxylation is 1. The van der Waals surface area contributed by atoms with Crippen molar-refractivity contribution in [1.82, 2.24) is 20.0 Å². The molecule has 0 radical (unpaired) electrons. The smallest absolute Gasteiger partial charge is 0.414 e. The maximum Gasteiger partial charge on any atom is 0.414 e. The van der Waals surface area contributed by atoms with Gasteiger partial charge in [0.15, 0.2) is 0 Å². The number of nitrogens with zero attached hydrogens (tertiary/aromatic N) is 3. The molecule has 1 aliphatic heterocycles. The second-order valence-electron chi connectivity index (χ2n) is 10.9. The van der Waals surface area contributed by atoms with Gasteiger partial charge >= 0.3 is 6.09 Å². The molecule has 1 aliphatic carbocycles. The maximum absolute atomic E-state index is 12.6. The van der Waals surface area contributed by atoms with E-state index in [9.17, 15) is 4.79 Å². The molecule has 8 heteroatoms. The fourth-order valence-corrected chi connectivity index (χ4v) is 5.40. The van der Waals surface area contributed by atoms with E-state index >= 15 is 0 Å². The summed E-state index contributed by atoms with van der Waals surface area (Å²) < 4.78 is 13.3. The number of amides is 1. The Morgan fingerprint density at radius 3 is 2.61 bits per heavy atom. The summed E-state index contributed by atoms with van der Waals surface area (Å²) in [7, 11) is 0. The van der Waals surface area contributed by atoms with Gasteiger partial charge in [-0.25, -0.2) is 4.79 Å². The monoisotopic (exact) mass is 516 g/mol. The Hall–Kier alpha value is -2.25. The van der Waals surface area contributed by atoms with E-state index in [4.69, 9.17) is 21.1 Å². The lowest BCUT2D eigenvalue weighted by Gasteiger charge is -2.34. The van der Waals surface area contributed by atoms with Crippen LogP contribution in [0.5, 0.6) is 11.6 Å². The molecule has 1 N–H and O–H groups in total. The third-order valence-corrected chi connectivity index (χ3v) is 7.44. The van der Waals surface area contributed by atoms with Crippen LogP contribution in [-0.4, -0.2) is 53.1 Å². The van der Waals surface area contributed by atoms with Crippen molar-refractivity contribution in [2.45, 2.75) is 78.3 Å². The maximum atomic E-state index is 12.6. The summed E-state index contributed by atoms with van der Waals surface area (Å²) >= 11 is 6.24. The van der Waals surface area contributed by atoms with Crippen LogP contribution in [0, 0.1) is 18.8 Å². The van der Waals surface area contributed by atoms with Crippen LogP contribution >= 0.6 is 11.6 Å². The molecule has 0 unspecified atom stereocenters. The summed E-state index contributed by atoms with van der Waals surface area (Å²) in [6.07, 6.45) is 7.97. The quantitative estimate of drug-likeness (QED) is 0.438. The van der Waals surface area contributed by atoms with Gasteiger partial charge in [0.2, 0.25) is 5.88 Å². The Morgan fingerprint density at radius 1 is 1.14 bits per heavy atom. The third-order valence-electron chi connectivity index (χ3n) is 7.20. The number of carbonyl (C=O) groups excluding carboxylic acids is 1. The number of ether oxygens (including phenoxy) is 2. The van der Waals surface area contributed by atoms with Gasteiger partial charge in [0.05, 0.1) is 13.2 Å². The van der Waals surface area contributed by atoms with Crippen LogP contribution in [0.25, 0.3) is 0 Å². The number of hydrogen-bond donors (Lipinski definition) is 1. The summed E-state index contributed by atoms with van der Waals surface area (Å²) in [5.74, 6) is 2.26. The van der Waals surface area contributed by atoms with Crippen LogP contribution in [-0.2, 0) is 6.54 Å². The molecular weight excluding hydrogens is 476 g/mol. The van der Waals surface area contributed by atoms with Gasteiger partial charge in [-0.05, 0) is 88.6 Å². The summed E-state index contributed by atoms with van der Waals surface area (Å²) in [6.45, 7) is 11.0. The molecule has 2 aliphatic rings. The first kappa shape index (κ1) is 26.8. The molecule has 2 aromatic rings. The average molecular weight is 517 g/mol. The lowest BCUT2D eigenvalue weighted by atomic mass is 9.85. The molecule has 1 saturated heterocycles. The zero-order chi connectivity index (χ0) is 25.5. The highest BCUT2D eigenvalue weighted by atomic mass is 35.5. The number of carbonyl (C=O) groups is 1. The Kier molecular flexibility index (Phi) is 9.54. The highest BCUT2D eigenvalue weighted by molar-refractivity contribution is 6.30. The molecule has 0 spiro atoms. The highest BCUT2D eigenvalue weighted by Gasteiger charge is 2.25. The molecular formula is C28H41ClN4O3. The predicted octanol–water partition coefficient (Wildman–Crippen LogP) is 6.06. The second-order valence-corrected chi connectivity index (χ2v) is 11.3. The molecule has 7 nitrogen and oxygen atoms in total. The van der Waals surface area contributed by atoms with Gasteiger partial charge in [-0.1, -0.05) is 31.9 Å². The van der Waals surface area contributed by atoms with Crippen LogP contribution < -0.4 is 14.8 Å². The minimum atomic E-state index is -0.428. The third kappa shape index (κ3) is 7.87. The molecule has 1 amide bonds. The van der Waals surface area contributed by atoms with Crippen molar-refractivity contribution >= 4 is 17.7 Å². The lowest BCUT2D eigenvalue weighted by Crippen LogP contribution is -2.41. The summed E-state index contributed by atoms with van der Waals surface area (Å²) in [6, 6.07) is 7.58. The fourth-order valence-electron chi connectivity index (χ4n) is 5.21. The molecule has 2 fully saturated rings. The standard InChI is InChI=1S/C28H41ClN4O3/c1-20(2)19-35-26-12-9-24(29)16-23(26)18-33-21(3)15-27(31-33)36-28(34)30-25-10-7-22(8-11-25)17-32-13-5-4-6-14-32/h9,12,15-16,20,22,25H,4-8,10-11,13-14,17-19H2,1-3H3,(H,30,34). The number of halogens is 1. The zero-order valence-electron chi connectivity index (χ0n) is 22.0. The topological polar surface area (TPSA) is 68.6 Å². The molecule has 1 aromatic carbocycles. The van der Waals surface area contributed by atoms with Crippen LogP contribution in [0.4, 0.5) is 4.79 Å². The predicted molar refractivity (Wildman–Crippen MR) is 143 cm³/mol. The van der Waals surface area contributed by atoms with Crippen LogP contribution in [0.2, 0.25) is 5.02 Å². The largest absolute Gasteiger partial charge is 0.493 e. The van der Waals surface area contributed by atoms with E-state index < -0.39 is 6.09 Å². The normalized spacial score (nSPS) is 20.9. The molecule has 1 aromatic heterocycles. The van der Waals surface area contributed by atoms with Gasteiger partial charge in [0.1, 0.15) is 5.75 Å². The first-order chi connectivity index (χ1) is 17.4. The lowest BCUT2D eigenvalue weighted by molar-refractivity contribution is 0.158. The first-order valence-corrected chi connectivity index (χ1v) is 13.9.